The van der Waals surface area contributed by atoms with Gasteiger partial charge in [0.25, 0.3) is 6.71 Å². The quantitative estimate of drug-likeness (QED) is 0.161. The fourth-order valence-electron chi connectivity index (χ4n) is 10.6. The summed E-state index contributed by atoms with van der Waals surface area (Å²) >= 11 is 3.69. The predicted octanol–water partition coefficient (Wildman–Crippen LogP) is 16.7. The molecule has 0 atom stereocenters. The van der Waals surface area contributed by atoms with Gasteiger partial charge in [-0.05, 0) is 146 Å². The van der Waals surface area contributed by atoms with E-state index in [9.17, 15) is 0 Å². The third-order valence-corrected chi connectivity index (χ3v) is 16.7. The lowest BCUT2D eigenvalue weighted by molar-refractivity contribution is 0.589. The maximum absolute atomic E-state index is 7.29. The van der Waals surface area contributed by atoms with Gasteiger partial charge in [-0.1, -0.05) is 128 Å². The third-order valence-electron chi connectivity index (χ3n) is 14.4. The standard InChI is InChI=1S/C61H51BN2O2S2/c1-35(2)40-29-47-57-48(30-40)64(44-25-19-37(20-26-44)54-32-39-14-10-12-16-52(39)68-54)59-56(46-34-42(61(6,7)8)22-28-50(46)66-59)62(57)55-45-33-41(60(3,4)5)21-27-49(45)65-58(55)63(47)43-23-17-36(18-24-43)53-31-38-13-9-11-15-51(38)67-53/h9-35H,1-8H3. The van der Waals surface area contributed by atoms with Crippen LogP contribution in [0.3, 0.4) is 0 Å². The summed E-state index contributed by atoms with van der Waals surface area (Å²) < 4.78 is 17.2. The smallest absolute Gasteiger partial charge is 0.262 e. The van der Waals surface area contributed by atoms with Crippen LogP contribution in [-0.4, -0.2) is 6.71 Å². The van der Waals surface area contributed by atoms with E-state index in [1.54, 1.807) is 0 Å². The number of furan rings is 2. The van der Waals surface area contributed by atoms with Crippen molar-refractivity contribution in [2.75, 3.05) is 9.80 Å². The fourth-order valence-corrected chi connectivity index (χ4v) is 12.8. The molecule has 11 aromatic rings. The highest BCUT2D eigenvalue weighted by Crippen LogP contribution is 2.50. The molecule has 7 aromatic carbocycles. The largest absolute Gasteiger partial charge is 0.440 e. The van der Waals surface area contributed by atoms with Crippen LogP contribution in [0.2, 0.25) is 0 Å². The molecule has 0 saturated carbocycles. The highest BCUT2D eigenvalue weighted by atomic mass is 32.1. The molecule has 0 spiro atoms. The first kappa shape index (κ1) is 41.4. The van der Waals surface area contributed by atoms with Crippen molar-refractivity contribution in [3.63, 3.8) is 0 Å². The van der Waals surface area contributed by atoms with Crippen LogP contribution in [0.4, 0.5) is 34.5 Å². The number of anilines is 6. The van der Waals surface area contributed by atoms with E-state index in [1.165, 1.54) is 74.1 Å². The van der Waals surface area contributed by atoms with Crippen LogP contribution in [0.25, 0.3) is 63.0 Å². The Morgan fingerprint density at radius 2 is 0.897 bits per heavy atom. The number of benzene rings is 7. The summed E-state index contributed by atoms with van der Waals surface area (Å²) in [6.45, 7) is 18.2. The average Bonchev–Trinajstić information content (AvgIpc) is 4.13. The molecule has 0 N–H and O–H groups in total. The molecule has 0 radical (unpaired) electrons. The van der Waals surface area contributed by atoms with Gasteiger partial charge in [0.1, 0.15) is 11.2 Å². The lowest BCUT2D eigenvalue weighted by Gasteiger charge is -2.41. The summed E-state index contributed by atoms with van der Waals surface area (Å²) in [6, 6.07) is 58.8. The van der Waals surface area contributed by atoms with E-state index in [-0.39, 0.29) is 23.5 Å². The Labute approximate surface area is 406 Å². The minimum atomic E-state index is -0.178. The number of thiophene rings is 2. The average molecular weight is 919 g/mol. The van der Waals surface area contributed by atoms with Gasteiger partial charge in [0.05, 0.1) is 0 Å². The van der Waals surface area contributed by atoms with Crippen LogP contribution < -0.4 is 26.2 Å². The van der Waals surface area contributed by atoms with Gasteiger partial charge in [0.15, 0.2) is 0 Å². The van der Waals surface area contributed by atoms with Crippen LogP contribution >= 0.6 is 22.7 Å². The maximum atomic E-state index is 7.29. The summed E-state index contributed by atoms with van der Waals surface area (Å²) in [6.07, 6.45) is 0. The summed E-state index contributed by atoms with van der Waals surface area (Å²) in [5.41, 5.74) is 15.8. The van der Waals surface area contributed by atoms with E-state index in [0.29, 0.717) is 0 Å². The van der Waals surface area contributed by atoms with Crippen molar-refractivity contribution in [1.82, 2.24) is 0 Å². The zero-order valence-corrected chi connectivity index (χ0v) is 41.3. The second kappa shape index (κ2) is 14.9. The lowest BCUT2D eigenvalue weighted by atomic mass is 9.33. The molecule has 0 amide bonds. The summed E-state index contributed by atoms with van der Waals surface area (Å²) in [4.78, 5) is 7.35. The first-order valence-electron chi connectivity index (χ1n) is 23.9. The molecule has 0 aliphatic carbocycles. The Hall–Kier alpha value is -6.80. The zero-order valence-electron chi connectivity index (χ0n) is 39.7. The molecule has 6 heterocycles. The fraction of sp³-hybridized carbons (Fsp3) is 0.180. The Balaban J connectivity index is 1.09. The minimum absolute atomic E-state index is 0.0647. The molecule has 0 bridgehead atoms. The van der Waals surface area contributed by atoms with E-state index in [1.807, 2.05) is 22.7 Å². The molecule has 7 heteroatoms. The van der Waals surface area contributed by atoms with Crippen LogP contribution in [0.5, 0.6) is 0 Å². The minimum Gasteiger partial charge on any atom is -0.440 e. The first-order valence-corrected chi connectivity index (χ1v) is 25.5. The monoisotopic (exact) mass is 918 g/mol. The topological polar surface area (TPSA) is 32.8 Å². The molecular formula is C61H51BN2O2S2. The highest BCUT2D eigenvalue weighted by Gasteiger charge is 2.49. The number of rotatable bonds is 5. The molecule has 2 aliphatic heterocycles. The Morgan fingerprint density at radius 3 is 1.29 bits per heavy atom. The van der Waals surface area contributed by atoms with Crippen molar-refractivity contribution in [1.29, 1.82) is 0 Å². The van der Waals surface area contributed by atoms with Gasteiger partial charge in [0.2, 0.25) is 11.8 Å². The second-order valence-electron chi connectivity index (χ2n) is 21.2. The Morgan fingerprint density at radius 1 is 0.471 bits per heavy atom. The van der Waals surface area contributed by atoms with Crippen molar-refractivity contribution < 1.29 is 8.83 Å². The van der Waals surface area contributed by atoms with Crippen LogP contribution in [0, 0.1) is 0 Å². The van der Waals surface area contributed by atoms with E-state index in [0.717, 1.165) is 56.5 Å². The van der Waals surface area contributed by atoms with Gasteiger partial charge in [-0.15, -0.1) is 22.7 Å². The van der Waals surface area contributed by atoms with E-state index < -0.39 is 0 Å². The van der Waals surface area contributed by atoms with Gasteiger partial charge >= 0.3 is 0 Å². The summed E-state index contributed by atoms with van der Waals surface area (Å²) in [7, 11) is 0. The summed E-state index contributed by atoms with van der Waals surface area (Å²) in [5.74, 6) is 1.97. The highest BCUT2D eigenvalue weighted by molar-refractivity contribution is 7.22. The molecule has 13 rings (SSSR count). The van der Waals surface area contributed by atoms with Gasteiger partial charge in [-0.25, -0.2) is 0 Å². The SMILES string of the molecule is CC(C)c1cc2c3c(c1)N(c1ccc(-c4cc5ccccc5s4)cc1)c1oc4ccc(C(C)(C)C)cc4c1B3c1c(oc3ccc(C(C)(C)C)cc13)N2c1ccc(-c2cc3ccccc3s2)cc1. The van der Waals surface area contributed by atoms with Crippen LogP contribution in [0.15, 0.2) is 167 Å². The van der Waals surface area contributed by atoms with Gasteiger partial charge in [-0.3, -0.25) is 9.80 Å². The molecule has 0 saturated heterocycles. The second-order valence-corrected chi connectivity index (χ2v) is 23.4. The van der Waals surface area contributed by atoms with Crippen LogP contribution in [0.1, 0.15) is 78.0 Å². The van der Waals surface area contributed by atoms with Gasteiger partial charge in [-0.2, -0.15) is 0 Å². The molecule has 332 valence electrons. The number of fused-ring (bicyclic) bond motifs is 10. The lowest BCUT2D eigenvalue weighted by Crippen LogP contribution is -2.60. The summed E-state index contributed by atoms with van der Waals surface area (Å²) in [5, 5.41) is 4.83. The molecule has 0 fully saturated rings. The van der Waals surface area contributed by atoms with E-state index in [2.05, 4.69) is 223 Å². The number of hydrogen-bond donors (Lipinski definition) is 0. The first-order chi connectivity index (χ1) is 32.8. The predicted molar refractivity (Wildman–Crippen MR) is 293 cm³/mol. The van der Waals surface area contributed by atoms with Crippen molar-refractivity contribution in [2.24, 2.45) is 0 Å². The Bertz CT molecular complexity index is 3510. The third kappa shape index (κ3) is 6.39. The van der Waals surface area contributed by atoms with Crippen molar-refractivity contribution in [2.45, 2.75) is 72.1 Å². The van der Waals surface area contributed by atoms with Crippen molar-refractivity contribution >= 4 is 122 Å². The molecule has 4 nitrogen and oxygen atoms in total. The molecular weight excluding hydrogens is 868 g/mol. The molecule has 4 aromatic heterocycles. The molecule has 68 heavy (non-hydrogen) atoms. The number of nitrogens with zero attached hydrogens (tertiary/aromatic N) is 2. The Kier molecular flexibility index (Phi) is 9.04. The normalized spacial score (nSPS) is 13.6. The zero-order chi connectivity index (χ0) is 46.4. The van der Waals surface area contributed by atoms with Gasteiger partial charge in [0, 0.05) is 63.6 Å². The van der Waals surface area contributed by atoms with E-state index >= 15 is 0 Å². The molecule has 0 unspecified atom stereocenters. The van der Waals surface area contributed by atoms with Crippen molar-refractivity contribution in [3.05, 3.63) is 174 Å². The van der Waals surface area contributed by atoms with Gasteiger partial charge < -0.3 is 8.83 Å². The van der Waals surface area contributed by atoms with E-state index in [4.69, 9.17) is 8.83 Å². The maximum Gasteiger partial charge on any atom is 0.262 e. The number of hydrogen-bond acceptors (Lipinski definition) is 6. The van der Waals surface area contributed by atoms with Crippen molar-refractivity contribution in [3.8, 4) is 20.9 Å². The van der Waals surface area contributed by atoms with Crippen LogP contribution in [-0.2, 0) is 10.8 Å². The molecule has 2 aliphatic rings.